The number of aromatic amines is 1. The standard InChI is InChI=1S/C20H25N3O3/c1-23(19(24)15-9-10-16(12-15)20(25)26)11-5-8-17-13-18(22-21-17)14-6-3-2-4-7-14/h2-4,6-7,13,15-16H,5,8-12H2,1H3,(H,21,22)(H,25,26)/t15-,16+/m1/s1. The van der Waals surface area contributed by atoms with Crippen LogP contribution < -0.4 is 0 Å². The summed E-state index contributed by atoms with van der Waals surface area (Å²) in [6.07, 6.45) is 3.42. The summed E-state index contributed by atoms with van der Waals surface area (Å²) in [4.78, 5) is 25.2. The zero-order chi connectivity index (χ0) is 18.5. The Morgan fingerprint density at radius 2 is 1.96 bits per heavy atom. The number of carboxylic acid groups (broad SMARTS) is 1. The molecule has 1 fully saturated rings. The van der Waals surface area contributed by atoms with Gasteiger partial charge in [-0.05, 0) is 38.2 Å². The second-order valence-electron chi connectivity index (χ2n) is 7.05. The molecule has 1 saturated carbocycles. The third-order valence-electron chi connectivity index (χ3n) is 5.15. The van der Waals surface area contributed by atoms with Crippen LogP contribution in [0.4, 0.5) is 0 Å². The van der Waals surface area contributed by atoms with Crippen LogP contribution in [0.5, 0.6) is 0 Å². The number of amides is 1. The SMILES string of the molecule is CN(CCCc1cc(-c2ccccc2)n[nH]1)C(=O)[C@@H]1CC[C@H](C(=O)O)C1. The molecule has 1 amide bonds. The molecule has 0 saturated heterocycles. The van der Waals surface area contributed by atoms with E-state index < -0.39 is 5.97 Å². The number of benzene rings is 1. The molecule has 0 spiro atoms. The molecule has 6 nitrogen and oxygen atoms in total. The molecule has 26 heavy (non-hydrogen) atoms. The van der Waals surface area contributed by atoms with E-state index in [0.717, 1.165) is 29.8 Å². The molecule has 0 unspecified atom stereocenters. The Labute approximate surface area is 153 Å². The smallest absolute Gasteiger partial charge is 0.306 e. The van der Waals surface area contributed by atoms with Crippen molar-refractivity contribution in [2.75, 3.05) is 13.6 Å². The minimum atomic E-state index is -0.781. The van der Waals surface area contributed by atoms with Crippen LogP contribution in [0, 0.1) is 11.8 Å². The van der Waals surface area contributed by atoms with E-state index >= 15 is 0 Å². The van der Waals surface area contributed by atoms with Crippen molar-refractivity contribution in [1.82, 2.24) is 15.1 Å². The summed E-state index contributed by atoms with van der Waals surface area (Å²) in [5, 5.41) is 16.5. The summed E-state index contributed by atoms with van der Waals surface area (Å²) in [6, 6.07) is 12.1. The highest BCUT2D eigenvalue weighted by Gasteiger charge is 2.34. The Morgan fingerprint density at radius 3 is 2.65 bits per heavy atom. The summed E-state index contributed by atoms with van der Waals surface area (Å²) in [5.74, 6) is -1.21. The van der Waals surface area contributed by atoms with Gasteiger partial charge in [0.15, 0.2) is 0 Å². The Morgan fingerprint density at radius 1 is 1.23 bits per heavy atom. The van der Waals surface area contributed by atoms with Gasteiger partial charge in [0.25, 0.3) is 0 Å². The molecule has 6 heteroatoms. The van der Waals surface area contributed by atoms with Gasteiger partial charge >= 0.3 is 5.97 Å². The molecule has 1 aromatic carbocycles. The number of nitrogens with zero attached hydrogens (tertiary/aromatic N) is 2. The molecule has 2 aromatic rings. The average Bonchev–Trinajstić information content (AvgIpc) is 3.31. The zero-order valence-corrected chi connectivity index (χ0v) is 15.0. The highest BCUT2D eigenvalue weighted by molar-refractivity contribution is 5.80. The summed E-state index contributed by atoms with van der Waals surface area (Å²) >= 11 is 0. The van der Waals surface area contributed by atoms with Crippen LogP contribution in [0.15, 0.2) is 36.4 Å². The van der Waals surface area contributed by atoms with Gasteiger partial charge in [-0.2, -0.15) is 5.10 Å². The molecule has 138 valence electrons. The number of aromatic nitrogens is 2. The summed E-state index contributed by atoms with van der Waals surface area (Å²) in [5.41, 5.74) is 3.06. The lowest BCUT2D eigenvalue weighted by Crippen LogP contribution is -2.33. The first-order valence-corrected chi connectivity index (χ1v) is 9.12. The molecular weight excluding hydrogens is 330 g/mol. The number of carbonyl (C=O) groups is 2. The van der Waals surface area contributed by atoms with Gasteiger partial charge in [-0.3, -0.25) is 14.7 Å². The predicted molar refractivity (Wildman–Crippen MR) is 98.4 cm³/mol. The summed E-state index contributed by atoms with van der Waals surface area (Å²) in [7, 11) is 1.80. The zero-order valence-electron chi connectivity index (χ0n) is 15.0. The molecule has 2 atom stereocenters. The fraction of sp³-hybridized carbons (Fsp3) is 0.450. The molecule has 1 aliphatic carbocycles. The Balaban J connectivity index is 1.45. The molecule has 0 radical (unpaired) electrons. The van der Waals surface area contributed by atoms with E-state index in [-0.39, 0.29) is 17.7 Å². The minimum Gasteiger partial charge on any atom is -0.481 e. The second-order valence-corrected chi connectivity index (χ2v) is 7.05. The number of carboxylic acids is 1. The van der Waals surface area contributed by atoms with Gasteiger partial charge in [-0.1, -0.05) is 30.3 Å². The lowest BCUT2D eigenvalue weighted by atomic mass is 10.0. The number of carbonyl (C=O) groups excluding carboxylic acids is 1. The number of hydrogen-bond acceptors (Lipinski definition) is 3. The Bertz CT molecular complexity index is 757. The van der Waals surface area contributed by atoms with E-state index in [2.05, 4.69) is 10.2 Å². The first kappa shape index (κ1) is 18.2. The summed E-state index contributed by atoms with van der Waals surface area (Å²) in [6.45, 7) is 0.659. The van der Waals surface area contributed by atoms with Crippen molar-refractivity contribution in [1.29, 1.82) is 0 Å². The number of nitrogens with one attached hydrogen (secondary N) is 1. The molecular formula is C20H25N3O3. The molecule has 1 aliphatic rings. The van der Waals surface area contributed by atoms with E-state index in [1.165, 1.54) is 0 Å². The largest absolute Gasteiger partial charge is 0.481 e. The molecule has 1 aromatic heterocycles. The maximum Gasteiger partial charge on any atom is 0.306 e. The Kier molecular flexibility index (Phi) is 5.71. The number of aliphatic carboxylic acids is 1. The maximum atomic E-state index is 12.5. The maximum absolute atomic E-state index is 12.5. The van der Waals surface area contributed by atoms with Crippen molar-refractivity contribution >= 4 is 11.9 Å². The first-order valence-electron chi connectivity index (χ1n) is 9.12. The summed E-state index contributed by atoms with van der Waals surface area (Å²) < 4.78 is 0. The van der Waals surface area contributed by atoms with E-state index in [1.807, 2.05) is 36.4 Å². The molecule has 3 rings (SSSR count). The van der Waals surface area contributed by atoms with E-state index in [0.29, 0.717) is 25.8 Å². The molecule has 2 N–H and O–H groups in total. The van der Waals surface area contributed by atoms with Crippen LogP contribution in [-0.4, -0.2) is 45.7 Å². The van der Waals surface area contributed by atoms with Gasteiger partial charge in [0, 0.05) is 30.8 Å². The third kappa shape index (κ3) is 4.31. The van der Waals surface area contributed by atoms with Crippen LogP contribution in [-0.2, 0) is 16.0 Å². The van der Waals surface area contributed by atoms with Gasteiger partial charge in [0.05, 0.1) is 11.6 Å². The van der Waals surface area contributed by atoms with Crippen LogP contribution in [0.25, 0.3) is 11.3 Å². The van der Waals surface area contributed by atoms with Crippen LogP contribution in [0.1, 0.15) is 31.4 Å². The molecule has 1 heterocycles. The highest BCUT2D eigenvalue weighted by Crippen LogP contribution is 2.32. The van der Waals surface area contributed by atoms with Crippen molar-refractivity contribution < 1.29 is 14.7 Å². The number of hydrogen-bond donors (Lipinski definition) is 2. The normalized spacial score (nSPS) is 19.4. The predicted octanol–water partition coefficient (Wildman–Crippen LogP) is 2.97. The topological polar surface area (TPSA) is 86.3 Å². The van der Waals surface area contributed by atoms with E-state index in [4.69, 9.17) is 5.11 Å². The first-order chi connectivity index (χ1) is 12.5. The Hall–Kier alpha value is -2.63. The van der Waals surface area contributed by atoms with Crippen LogP contribution in [0.2, 0.25) is 0 Å². The van der Waals surface area contributed by atoms with Gasteiger partial charge in [-0.15, -0.1) is 0 Å². The van der Waals surface area contributed by atoms with Gasteiger partial charge in [0.1, 0.15) is 0 Å². The number of aryl methyl sites for hydroxylation is 1. The van der Waals surface area contributed by atoms with Gasteiger partial charge in [0.2, 0.25) is 5.91 Å². The van der Waals surface area contributed by atoms with Crippen molar-refractivity contribution in [3.63, 3.8) is 0 Å². The lowest BCUT2D eigenvalue weighted by molar-refractivity contribution is -0.141. The van der Waals surface area contributed by atoms with Crippen molar-refractivity contribution in [2.24, 2.45) is 11.8 Å². The quantitative estimate of drug-likeness (QED) is 0.799. The fourth-order valence-electron chi connectivity index (χ4n) is 3.61. The fourth-order valence-corrected chi connectivity index (χ4v) is 3.61. The van der Waals surface area contributed by atoms with Gasteiger partial charge < -0.3 is 10.0 Å². The molecule has 0 bridgehead atoms. The minimum absolute atomic E-state index is 0.0725. The number of rotatable bonds is 7. The highest BCUT2D eigenvalue weighted by atomic mass is 16.4. The van der Waals surface area contributed by atoms with E-state index in [1.54, 1.807) is 11.9 Å². The van der Waals surface area contributed by atoms with Gasteiger partial charge in [-0.25, -0.2) is 0 Å². The monoisotopic (exact) mass is 355 g/mol. The second kappa shape index (κ2) is 8.17. The average molecular weight is 355 g/mol. The van der Waals surface area contributed by atoms with Crippen LogP contribution in [0.3, 0.4) is 0 Å². The van der Waals surface area contributed by atoms with E-state index in [9.17, 15) is 9.59 Å². The molecule has 0 aliphatic heterocycles. The van der Waals surface area contributed by atoms with Crippen molar-refractivity contribution in [3.05, 3.63) is 42.1 Å². The van der Waals surface area contributed by atoms with Crippen molar-refractivity contribution in [2.45, 2.75) is 32.1 Å². The lowest BCUT2D eigenvalue weighted by Gasteiger charge is -2.20. The third-order valence-corrected chi connectivity index (χ3v) is 5.15. The number of H-pyrrole nitrogens is 1. The van der Waals surface area contributed by atoms with Crippen molar-refractivity contribution in [3.8, 4) is 11.3 Å². The van der Waals surface area contributed by atoms with Crippen LogP contribution >= 0.6 is 0 Å².